The lowest BCUT2D eigenvalue weighted by Crippen LogP contribution is -2.26. The molecule has 1 aromatic carbocycles. The predicted octanol–water partition coefficient (Wildman–Crippen LogP) is 3.79. The lowest BCUT2D eigenvalue weighted by molar-refractivity contribution is -0.384. The first-order chi connectivity index (χ1) is 12.3. The molecule has 26 heavy (non-hydrogen) atoms. The van der Waals surface area contributed by atoms with E-state index in [0.717, 1.165) is 12.1 Å². The van der Waals surface area contributed by atoms with Crippen LogP contribution in [-0.2, 0) is 4.79 Å². The molecule has 0 aliphatic carbocycles. The molecule has 1 heterocycles. The number of carbonyl (C=O) groups excluding carboxylic acids is 1. The highest BCUT2D eigenvalue weighted by Gasteiger charge is 2.21. The lowest BCUT2D eigenvalue weighted by Gasteiger charge is -2.16. The second kappa shape index (κ2) is 8.70. The number of alkyl halides is 2. The largest absolute Gasteiger partial charge is 0.487 e. The summed E-state index contributed by atoms with van der Waals surface area (Å²) < 4.78 is 31.6. The standard InChI is InChI=1S/C15H15BrF2N4O4/c1-2-13(21-7-9(16)6-19-21)15(23)20-10-3-11(22(24)25)5-12(4-10)26-8-14(17)18/h3-7,13-14H,2,8H2,1H3,(H,20,23). The Morgan fingerprint density at radius 2 is 2.19 bits per heavy atom. The van der Waals surface area contributed by atoms with Gasteiger partial charge in [-0.1, -0.05) is 6.92 Å². The van der Waals surface area contributed by atoms with Crippen molar-refractivity contribution in [3.05, 3.63) is 45.2 Å². The minimum Gasteiger partial charge on any atom is -0.487 e. The van der Waals surface area contributed by atoms with Crippen molar-refractivity contribution in [2.75, 3.05) is 11.9 Å². The lowest BCUT2D eigenvalue weighted by atomic mass is 10.2. The van der Waals surface area contributed by atoms with Gasteiger partial charge >= 0.3 is 0 Å². The summed E-state index contributed by atoms with van der Waals surface area (Å²) in [5.74, 6) is -0.590. The number of nitrogens with zero attached hydrogens (tertiary/aromatic N) is 3. The third-order valence-electron chi connectivity index (χ3n) is 3.32. The molecular formula is C15H15BrF2N4O4. The number of nitro groups is 1. The predicted molar refractivity (Wildman–Crippen MR) is 92.5 cm³/mol. The topological polar surface area (TPSA) is 99.3 Å². The van der Waals surface area contributed by atoms with Crippen LogP contribution in [0, 0.1) is 10.1 Å². The smallest absolute Gasteiger partial charge is 0.275 e. The molecule has 0 aliphatic heterocycles. The molecule has 2 aromatic rings. The quantitative estimate of drug-likeness (QED) is 0.505. The van der Waals surface area contributed by atoms with Crippen molar-refractivity contribution in [2.45, 2.75) is 25.8 Å². The van der Waals surface area contributed by atoms with Gasteiger partial charge in [-0.05, 0) is 22.4 Å². The fraction of sp³-hybridized carbons (Fsp3) is 0.333. The maximum Gasteiger partial charge on any atom is 0.275 e. The number of benzene rings is 1. The number of amides is 1. The van der Waals surface area contributed by atoms with Crippen molar-refractivity contribution in [3.63, 3.8) is 0 Å². The Morgan fingerprint density at radius 1 is 1.46 bits per heavy atom. The molecule has 2 rings (SSSR count). The minimum atomic E-state index is -2.73. The van der Waals surface area contributed by atoms with Gasteiger partial charge in [-0.3, -0.25) is 19.6 Å². The van der Waals surface area contributed by atoms with Gasteiger partial charge in [-0.2, -0.15) is 5.10 Å². The van der Waals surface area contributed by atoms with Crippen molar-refractivity contribution >= 4 is 33.2 Å². The number of halogens is 3. The molecule has 140 valence electrons. The summed E-state index contributed by atoms with van der Waals surface area (Å²) in [6.07, 6.45) is 0.844. The van der Waals surface area contributed by atoms with Gasteiger partial charge in [-0.25, -0.2) is 8.78 Å². The molecule has 11 heteroatoms. The highest BCUT2D eigenvalue weighted by atomic mass is 79.9. The maximum atomic E-state index is 12.5. The second-order valence-electron chi connectivity index (χ2n) is 5.23. The fourth-order valence-corrected chi connectivity index (χ4v) is 2.51. The van der Waals surface area contributed by atoms with Gasteiger partial charge in [-0.15, -0.1) is 0 Å². The highest BCUT2D eigenvalue weighted by Crippen LogP contribution is 2.27. The van der Waals surface area contributed by atoms with E-state index in [1.807, 2.05) is 0 Å². The van der Waals surface area contributed by atoms with Crippen LogP contribution in [0.4, 0.5) is 20.2 Å². The first kappa shape index (κ1) is 19.8. The van der Waals surface area contributed by atoms with Crippen LogP contribution in [0.25, 0.3) is 0 Å². The van der Waals surface area contributed by atoms with E-state index in [4.69, 9.17) is 4.74 Å². The van der Waals surface area contributed by atoms with Crippen molar-refractivity contribution in [1.82, 2.24) is 9.78 Å². The van der Waals surface area contributed by atoms with Crippen LogP contribution in [0.1, 0.15) is 19.4 Å². The summed E-state index contributed by atoms with van der Waals surface area (Å²) in [5, 5.41) is 17.6. The van der Waals surface area contributed by atoms with Gasteiger partial charge in [0.1, 0.15) is 18.4 Å². The number of carbonyl (C=O) groups is 1. The molecule has 0 aliphatic rings. The molecule has 0 bridgehead atoms. The van der Waals surface area contributed by atoms with Gasteiger partial charge < -0.3 is 10.1 Å². The molecule has 0 spiro atoms. The number of nitro benzene ring substituents is 1. The number of rotatable bonds is 8. The monoisotopic (exact) mass is 432 g/mol. The van der Waals surface area contributed by atoms with Gasteiger partial charge in [0.25, 0.3) is 12.1 Å². The van der Waals surface area contributed by atoms with E-state index >= 15 is 0 Å². The van der Waals surface area contributed by atoms with Crippen LogP contribution >= 0.6 is 15.9 Å². The van der Waals surface area contributed by atoms with E-state index in [-0.39, 0.29) is 17.1 Å². The van der Waals surface area contributed by atoms with E-state index in [0.29, 0.717) is 10.9 Å². The second-order valence-corrected chi connectivity index (χ2v) is 6.14. The zero-order chi connectivity index (χ0) is 19.3. The average molecular weight is 433 g/mol. The number of hydrogen-bond donors (Lipinski definition) is 1. The Kier molecular flexibility index (Phi) is 6.61. The number of non-ortho nitro benzene ring substituents is 1. The molecule has 0 saturated carbocycles. The third-order valence-corrected chi connectivity index (χ3v) is 3.73. The first-order valence-electron chi connectivity index (χ1n) is 7.51. The van der Waals surface area contributed by atoms with Crippen molar-refractivity contribution in [3.8, 4) is 5.75 Å². The summed E-state index contributed by atoms with van der Waals surface area (Å²) in [5.41, 5.74) is -0.319. The Balaban J connectivity index is 2.23. The molecule has 0 saturated heterocycles. The molecule has 1 aromatic heterocycles. The van der Waals surface area contributed by atoms with Gasteiger partial charge in [0, 0.05) is 18.3 Å². The SMILES string of the molecule is CCC(C(=O)Nc1cc(OCC(F)F)cc([N+](=O)[O-])c1)n1cc(Br)cn1. The van der Waals surface area contributed by atoms with Crippen molar-refractivity contribution < 1.29 is 23.2 Å². The Hall–Kier alpha value is -2.56. The summed E-state index contributed by atoms with van der Waals surface area (Å²) >= 11 is 3.24. The van der Waals surface area contributed by atoms with Gasteiger partial charge in [0.05, 0.1) is 27.3 Å². The van der Waals surface area contributed by atoms with Crippen LogP contribution in [0.3, 0.4) is 0 Å². The van der Waals surface area contributed by atoms with E-state index < -0.39 is 29.9 Å². The molecule has 1 unspecified atom stereocenters. The molecule has 1 amide bonds. The molecule has 0 radical (unpaired) electrons. The Labute approximate surface area is 155 Å². The Morgan fingerprint density at radius 3 is 2.73 bits per heavy atom. The molecular weight excluding hydrogens is 418 g/mol. The summed E-state index contributed by atoms with van der Waals surface area (Å²) in [7, 11) is 0. The van der Waals surface area contributed by atoms with Crippen LogP contribution in [0.15, 0.2) is 35.1 Å². The third kappa shape index (κ3) is 5.22. The highest BCUT2D eigenvalue weighted by molar-refractivity contribution is 9.10. The van der Waals surface area contributed by atoms with Gasteiger partial charge in [0.2, 0.25) is 5.91 Å². The zero-order valence-electron chi connectivity index (χ0n) is 13.6. The van der Waals surface area contributed by atoms with E-state index in [2.05, 4.69) is 26.3 Å². The van der Waals surface area contributed by atoms with Crippen LogP contribution in [0.2, 0.25) is 0 Å². The molecule has 0 fully saturated rings. The van der Waals surface area contributed by atoms with E-state index in [9.17, 15) is 23.7 Å². The van der Waals surface area contributed by atoms with E-state index in [1.165, 1.54) is 16.9 Å². The minimum absolute atomic E-state index is 0.0677. The van der Waals surface area contributed by atoms with E-state index in [1.54, 1.807) is 13.1 Å². The normalized spacial score (nSPS) is 12.0. The molecule has 1 N–H and O–H groups in total. The van der Waals surface area contributed by atoms with Crippen LogP contribution in [-0.4, -0.2) is 33.6 Å². The Bertz CT molecular complexity index is 800. The summed E-state index contributed by atoms with van der Waals surface area (Å²) in [6, 6.07) is 2.74. The maximum absolute atomic E-state index is 12.5. The summed E-state index contributed by atoms with van der Waals surface area (Å²) in [4.78, 5) is 22.8. The zero-order valence-corrected chi connectivity index (χ0v) is 15.2. The van der Waals surface area contributed by atoms with Crippen LogP contribution < -0.4 is 10.1 Å². The van der Waals surface area contributed by atoms with Crippen LogP contribution in [0.5, 0.6) is 5.75 Å². The number of nitrogens with one attached hydrogen (secondary N) is 1. The fourth-order valence-electron chi connectivity index (χ4n) is 2.21. The average Bonchev–Trinajstić information content (AvgIpc) is 2.99. The molecule has 8 nitrogen and oxygen atoms in total. The van der Waals surface area contributed by atoms with Crippen molar-refractivity contribution in [1.29, 1.82) is 0 Å². The van der Waals surface area contributed by atoms with Gasteiger partial charge in [0.15, 0.2) is 0 Å². The number of aromatic nitrogens is 2. The number of anilines is 1. The summed E-state index contributed by atoms with van der Waals surface area (Å²) in [6.45, 7) is 0.873. The number of hydrogen-bond acceptors (Lipinski definition) is 5. The molecule has 1 atom stereocenters. The van der Waals surface area contributed by atoms with Crippen molar-refractivity contribution in [2.24, 2.45) is 0 Å². The first-order valence-corrected chi connectivity index (χ1v) is 8.30. The number of ether oxygens (including phenoxy) is 1.